The van der Waals surface area contributed by atoms with E-state index in [0.29, 0.717) is 0 Å². The highest BCUT2D eigenvalue weighted by atomic mass is 16.5. The van der Waals surface area contributed by atoms with E-state index in [9.17, 15) is 4.79 Å². The number of aromatic hydroxyl groups is 1. The van der Waals surface area contributed by atoms with Gasteiger partial charge in [-0.25, -0.2) is 0 Å². The van der Waals surface area contributed by atoms with Gasteiger partial charge in [0.05, 0.1) is 13.5 Å². The number of ether oxygens (including phenoxy) is 1. The number of methoxy groups -OCH3 is 1. The summed E-state index contributed by atoms with van der Waals surface area (Å²) in [5.41, 5.74) is 0.833. The summed E-state index contributed by atoms with van der Waals surface area (Å²) in [6.45, 7) is 0. The summed E-state index contributed by atoms with van der Waals surface area (Å²) in [6.07, 6.45) is 0.247. The average molecular weight is 182 g/mol. The summed E-state index contributed by atoms with van der Waals surface area (Å²) >= 11 is 0. The molecule has 1 aromatic carbocycles. The number of phenolic OH excluding ortho intramolecular Hbond substituents is 1. The molecule has 0 aliphatic heterocycles. The largest absolute Gasteiger partial charge is 0.508 e. The van der Waals surface area contributed by atoms with Gasteiger partial charge in [0.1, 0.15) is 5.75 Å². The molecule has 0 aromatic heterocycles. The van der Waals surface area contributed by atoms with Crippen LogP contribution in [0.25, 0.3) is 0 Å². The molecule has 1 aromatic rings. The number of esters is 1. The Morgan fingerprint density at radius 3 is 2.38 bits per heavy atom. The van der Waals surface area contributed by atoms with Crippen molar-refractivity contribution >= 4 is 5.97 Å². The van der Waals surface area contributed by atoms with Crippen molar-refractivity contribution in [1.82, 2.24) is 0 Å². The average Bonchev–Trinajstić information content (AvgIpc) is 2.09. The SMILES string of the molecule is C.COC(=O)Cc1ccc(O)cc1. The summed E-state index contributed by atoms with van der Waals surface area (Å²) in [5, 5.41) is 8.93. The van der Waals surface area contributed by atoms with Crippen molar-refractivity contribution in [1.29, 1.82) is 0 Å². The molecule has 0 aliphatic carbocycles. The topological polar surface area (TPSA) is 46.5 Å². The van der Waals surface area contributed by atoms with Gasteiger partial charge in [0.2, 0.25) is 0 Å². The van der Waals surface area contributed by atoms with Gasteiger partial charge in [-0.1, -0.05) is 19.6 Å². The quantitative estimate of drug-likeness (QED) is 0.709. The van der Waals surface area contributed by atoms with E-state index in [4.69, 9.17) is 5.11 Å². The van der Waals surface area contributed by atoms with Crippen LogP contribution in [0.5, 0.6) is 5.75 Å². The highest BCUT2D eigenvalue weighted by molar-refractivity contribution is 5.72. The highest BCUT2D eigenvalue weighted by Gasteiger charge is 2.01. The Morgan fingerprint density at radius 2 is 1.92 bits per heavy atom. The van der Waals surface area contributed by atoms with Gasteiger partial charge >= 0.3 is 5.97 Å². The highest BCUT2D eigenvalue weighted by Crippen LogP contribution is 2.10. The van der Waals surface area contributed by atoms with Crippen molar-refractivity contribution in [2.24, 2.45) is 0 Å². The second-order valence-corrected chi connectivity index (χ2v) is 2.42. The van der Waals surface area contributed by atoms with Gasteiger partial charge < -0.3 is 9.84 Å². The van der Waals surface area contributed by atoms with Crippen LogP contribution in [0.2, 0.25) is 0 Å². The van der Waals surface area contributed by atoms with Gasteiger partial charge in [0.15, 0.2) is 0 Å². The van der Waals surface area contributed by atoms with Gasteiger partial charge in [0, 0.05) is 0 Å². The molecule has 0 fully saturated rings. The molecule has 0 heterocycles. The molecule has 0 saturated carbocycles. The number of rotatable bonds is 2. The fourth-order valence-electron chi connectivity index (χ4n) is 0.853. The summed E-state index contributed by atoms with van der Waals surface area (Å²) in [6, 6.07) is 6.45. The predicted molar refractivity (Wildman–Crippen MR) is 50.6 cm³/mol. The van der Waals surface area contributed by atoms with E-state index in [1.165, 1.54) is 19.2 Å². The van der Waals surface area contributed by atoms with Crippen LogP contribution in [0.4, 0.5) is 0 Å². The molecule has 0 saturated heterocycles. The molecule has 0 unspecified atom stereocenters. The minimum atomic E-state index is -0.277. The Morgan fingerprint density at radius 1 is 1.38 bits per heavy atom. The van der Waals surface area contributed by atoms with Crippen LogP contribution >= 0.6 is 0 Å². The van der Waals surface area contributed by atoms with Gasteiger partial charge in [-0.15, -0.1) is 0 Å². The molecule has 0 radical (unpaired) electrons. The van der Waals surface area contributed by atoms with Crippen molar-refractivity contribution in [2.75, 3.05) is 7.11 Å². The zero-order chi connectivity index (χ0) is 8.97. The van der Waals surface area contributed by atoms with E-state index in [2.05, 4.69) is 4.74 Å². The van der Waals surface area contributed by atoms with Crippen molar-refractivity contribution < 1.29 is 14.6 Å². The minimum absolute atomic E-state index is 0. The Labute approximate surface area is 78.0 Å². The van der Waals surface area contributed by atoms with E-state index < -0.39 is 0 Å². The maximum Gasteiger partial charge on any atom is 0.309 e. The van der Waals surface area contributed by atoms with E-state index in [0.717, 1.165) is 5.56 Å². The standard InChI is InChI=1S/C9H10O3.CH4/c1-12-9(11)6-7-2-4-8(10)5-3-7;/h2-5,10H,6H2,1H3;1H4. The lowest BCUT2D eigenvalue weighted by Gasteiger charge is -1.99. The Bertz CT molecular complexity index is 264. The monoisotopic (exact) mass is 182 g/mol. The lowest BCUT2D eigenvalue weighted by Crippen LogP contribution is -2.03. The van der Waals surface area contributed by atoms with Crippen LogP contribution < -0.4 is 0 Å². The van der Waals surface area contributed by atoms with E-state index in [1.807, 2.05) is 0 Å². The first-order chi connectivity index (χ1) is 5.72. The number of hydrogen-bond acceptors (Lipinski definition) is 3. The molecular formula is C10H14O3. The van der Waals surface area contributed by atoms with Crippen LogP contribution in [0.1, 0.15) is 13.0 Å². The summed E-state index contributed by atoms with van der Waals surface area (Å²) in [7, 11) is 1.35. The van der Waals surface area contributed by atoms with Crippen LogP contribution in [0, 0.1) is 0 Å². The van der Waals surface area contributed by atoms with Gasteiger partial charge in [-0.3, -0.25) is 4.79 Å². The maximum absolute atomic E-state index is 10.8. The zero-order valence-electron chi connectivity index (χ0n) is 6.78. The van der Waals surface area contributed by atoms with Gasteiger partial charge in [0.25, 0.3) is 0 Å². The second-order valence-electron chi connectivity index (χ2n) is 2.42. The predicted octanol–water partition coefficient (Wildman–Crippen LogP) is 1.74. The fourth-order valence-corrected chi connectivity index (χ4v) is 0.853. The smallest absolute Gasteiger partial charge is 0.309 e. The molecule has 1 N–H and O–H groups in total. The normalized spacial score (nSPS) is 8.69. The van der Waals surface area contributed by atoms with Crippen LogP contribution in [0.3, 0.4) is 0 Å². The van der Waals surface area contributed by atoms with Crippen LogP contribution in [0.15, 0.2) is 24.3 Å². The van der Waals surface area contributed by atoms with E-state index >= 15 is 0 Å². The third-order valence-corrected chi connectivity index (χ3v) is 1.51. The lowest BCUT2D eigenvalue weighted by molar-refractivity contribution is -0.139. The molecule has 0 bridgehead atoms. The summed E-state index contributed by atoms with van der Waals surface area (Å²) < 4.78 is 4.48. The molecule has 0 spiro atoms. The fraction of sp³-hybridized carbons (Fsp3) is 0.300. The summed E-state index contributed by atoms with van der Waals surface area (Å²) in [5.74, 6) is -0.0793. The third-order valence-electron chi connectivity index (χ3n) is 1.51. The number of carbonyl (C=O) groups is 1. The molecule has 1 rings (SSSR count). The molecule has 72 valence electrons. The first kappa shape index (κ1) is 11.5. The molecule has 0 amide bonds. The van der Waals surface area contributed by atoms with Crippen LogP contribution in [-0.2, 0) is 16.0 Å². The first-order valence-corrected chi connectivity index (χ1v) is 3.57. The van der Waals surface area contributed by atoms with Crippen molar-refractivity contribution in [3.63, 3.8) is 0 Å². The Hall–Kier alpha value is -1.51. The van der Waals surface area contributed by atoms with E-state index in [1.54, 1.807) is 12.1 Å². The maximum atomic E-state index is 10.8. The number of phenols is 1. The summed E-state index contributed by atoms with van der Waals surface area (Å²) in [4.78, 5) is 10.8. The van der Waals surface area contributed by atoms with Gasteiger partial charge in [-0.2, -0.15) is 0 Å². The van der Waals surface area contributed by atoms with Crippen LogP contribution in [-0.4, -0.2) is 18.2 Å². The minimum Gasteiger partial charge on any atom is -0.508 e. The number of benzene rings is 1. The Kier molecular flexibility index (Phi) is 4.59. The van der Waals surface area contributed by atoms with Crippen molar-refractivity contribution in [2.45, 2.75) is 13.8 Å². The first-order valence-electron chi connectivity index (χ1n) is 3.57. The van der Waals surface area contributed by atoms with Gasteiger partial charge in [-0.05, 0) is 17.7 Å². The molecule has 3 heteroatoms. The lowest BCUT2D eigenvalue weighted by atomic mass is 10.1. The van der Waals surface area contributed by atoms with Crippen molar-refractivity contribution in [3.05, 3.63) is 29.8 Å². The second kappa shape index (κ2) is 5.19. The molecule has 0 atom stereocenters. The Balaban J connectivity index is 0.00000144. The van der Waals surface area contributed by atoms with Crippen molar-refractivity contribution in [3.8, 4) is 5.75 Å². The third kappa shape index (κ3) is 3.60. The zero-order valence-corrected chi connectivity index (χ0v) is 6.78. The van der Waals surface area contributed by atoms with E-state index in [-0.39, 0.29) is 25.6 Å². The number of hydrogen-bond donors (Lipinski definition) is 1. The molecule has 3 nitrogen and oxygen atoms in total. The molecular weight excluding hydrogens is 168 g/mol. The number of carbonyl (C=O) groups excluding carboxylic acids is 1. The molecule has 13 heavy (non-hydrogen) atoms. The molecule has 0 aliphatic rings.